The van der Waals surface area contributed by atoms with Crippen LogP contribution in [0.5, 0.6) is 0 Å². The van der Waals surface area contributed by atoms with E-state index in [2.05, 4.69) is 39.6 Å². The van der Waals surface area contributed by atoms with Crippen LogP contribution in [0.15, 0.2) is 23.4 Å². The van der Waals surface area contributed by atoms with Crippen LogP contribution in [0.25, 0.3) is 0 Å². The fourth-order valence-electron chi connectivity index (χ4n) is 1.65. The number of allylic oxidation sites excluding steroid dienone is 3. The summed E-state index contributed by atoms with van der Waals surface area (Å²) in [5.74, 6) is 0.680. The molecule has 1 N–H and O–H groups in total. The first-order valence-electron chi connectivity index (χ1n) is 6.18. The lowest BCUT2D eigenvalue weighted by Gasteiger charge is -2.23. The second-order valence-corrected chi connectivity index (χ2v) is 5.40. The summed E-state index contributed by atoms with van der Waals surface area (Å²) in [5, 5.41) is 4.10. The van der Waals surface area contributed by atoms with Crippen molar-refractivity contribution in [2.75, 3.05) is 0 Å². The number of hydrogen-bond donors (Lipinski definition) is 1. The molecule has 0 heterocycles. The SMILES string of the molecule is C=C(Cl)/C=C(/C)NC1(C(C)C)CC1.CCC. The van der Waals surface area contributed by atoms with Gasteiger partial charge in [-0.25, -0.2) is 0 Å². The molecule has 1 fully saturated rings. The Morgan fingerprint density at radius 1 is 1.44 bits per heavy atom. The smallest absolute Gasteiger partial charge is 0.0395 e. The maximum absolute atomic E-state index is 5.69. The van der Waals surface area contributed by atoms with Gasteiger partial charge in [-0.05, 0) is 31.8 Å². The van der Waals surface area contributed by atoms with E-state index in [0.29, 0.717) is 16.5 Å². The van der Waals surface area contributed by atoms with Crippen LogP contribution in [0.1, 0.15) is 53.9 Å². The zero-order chi connectivity index (χ0) is 12.8. The summed E-state index contributed by atoms with van der Waals surface area (Å²) < 4.78 is 0. The zero-order valence-electron chi connectivity index (χ0n) is 11.4. The van der Waals surface area contributed by atoms with Crippen molar-refractivity contribution in [3.63, 3.8) is 0 Å². The molecule has 0 amide bonds. The summed E-state index contributed by atoms with van der Waals surface area (Å²) in [6.07, 6.45) is 5.67. The van der Waals surface area contributed by atoms with Gasteiger partial charge in [0, 0.05) is 16.3 Å². The van der Waals surface area contributed by atoms with E-state index in [1.165, 1.54) is 19.3 Å². The molecule has 0 bridgehead atoms. The maximum atomic E-state index is 5.69. The zero-order valence-corrected chi connectivity index (χ0v) is 12.1. The highest BCUT2D eigenvalue weighted by Gasteiger charge is 2.45. The summed E-state index contributed by atoms with van der Waals surface area (Å²) in [5.41, 5.74) is 1.46. The van der Waals surface area contributed by atoms with Crippen LogP contribution in [0.4, 0.5) is 0 Å². The molecule has 0 aliphatic heterocycles. The van der Waals surface area contributed by atoms with Crippen molar-refractivity contribution in [2.45, 2.75) is 59.4 Å². The largest absolute Gasteiger partial charge is 0.383 e. The molecule has 16 heavy (non-hydrogen) atoms. The summed E-state index contributed by atoms with van der Waals surface area (Å²) in [4.78, 5) is 0. The summed E-state index contributed by atoms with van der Waals surface area (Å²) in [6, 6.07) is 0. The van der Waals surface area contributed by atoms with Crippen LogP contribution in [-0.4, -0.2) is 5.54 Å². The van der Waals surface area contributed by atoms with Gasteiger partial charge in [-0.2, -0.15) is 0 Å². The van der Waals surface area contributed by atoms with E-state index in [1.807, 2.05) is 13.0 Å². The van der Waals surface area contributed by atoms with Gasteiger partial charge in [-0.3, -0.25) is 0 Å². The van der Waals surface area contributed by atoms with Gasteiger partial charge in [-0.1, -0.05) is 52.3 Å². The van der Waals surface area contributed by atoms with E-state index >= 15 is 0 Å². The van der Waals surface area contributed by atoms with E-state index in [1.54, 1.807) is 0 Å². The third kappa shape index (κ3) is 5.60. The van der Waals surface area contributed by atoms with Gasteiger partial charge in [0.05, 0.1) is 0 Å². The van der Waals surface area contributed by atoms with Crippen molar-refractivity contribution in [3.8, 4) is 0 Å². The van der Waals surface area contributed by atoms with Gasteiger partial charge in [-0.15, -0.1) is 0 Å². The highest BCUT2D eigenvalue weighted by atomic mass is 35.5. The minimum absolute atomic E-state index is 0.340. The Bertz CT molecular complexity index is 249. The van der Waals surface area contributed by atoms with Crippen molar-refractivity contribution in [2.24, 2.45) is 5.92 Å². The Balaban J connectivity index is 0.000000673. The van der Waals surface area contributed by atoms with Crippen LogP contribution in [0, 0.1) is 5.92 Å². The fourth-order valence-corrected chi connectivity index (χ4v) is 1.81. The number of nitrogens with one attached hydrogen (secondary N) is 1. The summed E-state index contributed by atoms with van der Waals surface area (Å²) >= 11 is 5.69. The molecule has 1 rings (SSSR count). The molecule has 1 aliphatic carbocycles. The van der Waals surface area contributed by atoms with Gasteiger partial charge >= 0.3 is 0 Å². The van der Waals surface area contributed by atoms with E-state index in [-0.39, 0.29) is 0 Å². The van der Waals surface area contributed by atoms with Crippen molar-refractivity contribution in [3.05, 3.63) is 23.4 Å². The van der Waals surface area contributed by atoms with Gasteiger partial charge in [0.1, 0.15) is 0 Å². The molecule has 1 saturated carbocycles. The van der Waals surface area contributed by atoms with Crippen LogP contribution in [0.2, 0.25) is 0 Å². The molecule has 0 aromatic carbocycles. The quantitative estimate of drug-likeness (QED) is 0.697. The second kappa shape index (κ2) is 7.01. The third-order valence-electron chi connectivity index (χ3n) is 2.71. The molecule has 2 heteroatoms. The average Bonchev–Trinajstić information content (AvgIpc) is 2.84. The molecule has 0 aromatic heterocycles. The van der Waals surface area contributed by atoms with E-state index in [4.69, 9.17) is 11.6 Å². The predicted molar refractivity (Wildman–Crippen MR) is 74.7 cm³/mol. The third-order valence-corrected chi connectivity index (χ3v) is 2.82. The van der Waals surface area contributed by atoms with Crippen molar-refractivity contribution < 1.29 is 0 Å². The Labute approximate surface area is 106 Å². The molecule has 0 unspecified atom stereocenters. The Morgan fingerprint density at radius 3 is 2.12 bits per heavy atom. The topological polar surface area (TPSA) is 12.0 Å². The number of halogens is 1. The van der Waals surface area contributed by atoms with Crippen LogP contribution < -0.4 is 5.32 Å². The maximum Gasteiger partial charge on any atom is 0.0395 e. The van der Waals surface area contributed by atoms with Gasteiger partial charge < -0.3 is 5.32 Å². The summed E-state index contributed by atoms with van der Waals surface area (Å²) in [7, 11) is 0. The highest BCUT2D eigenvalue weighted by molar-refractivity contribution is 6.30. The minimum Gasteiger partial charge on any atom is -0.383 e. The minimum atomic E-state index is 0.340. The lowest BCUT2D eigenvalue weighted by Crippen LogP contribution is -2.34. The lowest BCUT2D eigenvalue weighted by atomic mass is 10.0. The first kappa shape index (κ1) is 15.6. The van der Waals surface area contributed by atoms with Crippen LogP contribution in [-0.2, 0) is 0 Å². The van der Waals surface area contributed by atoms with Gasteiger partial charge in [0.25, 0.3) is 0 Å². The standard InChI is InChI=1S/C11H18ClN.C3H8/c1-8(2)11(5-6-11)13-10(4)7-9(3)12;1-3-2/h7-8,13H,3,5-6H2,1-2,4H3;3H2,1-2H3/b10-7-;. The Hall–Kier alpha value is -0.430. The molecule has 1 nitrogen and oxygen atoms in total. The van der Waals surface area contributed by atoms with Gasteiger partial charge in [0.15, 0.2) is 0 Å². The van der Waals surface area contributed by atoms with E-state index in [9.17, 15) is 0 Å². The van der Waals surface area contributed by atoms with E-state index < -0.39 is 0 Å². The molecule has 94 valence electrons. The molecule has 0 atom stereocenters. The van der Waals surface area contributed by atoms with Crippen molar-refractivity contribution >= 4 is 11.6 Å². The normalized spacial score (nSPS) is 17.6. The van der Waals surface area contributed by atoms with Crippen LogP contribution >= 0.6 is 11.6 Å². The first-order chi connectivity index (χ1) is 7.38. The Morgan fingerprint density at radius 2 is 1.88 bits per heavy atom. The van der Waals surface area contributed by atoms with Crippen molar-refractivity contribution in [1.29, 1.82) is 0 Å². The summed E-state index contributed by atoms with van der Waals surface area (Å²) in [6.45, 7) is 14.4. The molecular weight excluding hydrogens is 218 g/mol. The predicted octanol–water partition coefficient (Wildman–Crippen LogP) is 4.84. The molecule has 0 saturated heterocycles. The number of hydrogen-bond acceptors (Lipinski definition) is 1. The highest BCUT2D eigenvalue weighted by Crippen LogP contribution is 2.42. The number of rotatable bonds is 4. The van der Waals surface area contributed by atoms with E-state index in [0.717, 1.165) is 5.70 Å². The molecule has 0 spiro atoms. The molecule has 1 aliphatic rings. The van der Waals surface area contributed by atoms with Crippen LogP contribution in [0.3, 0.4) is 0 Å². The molecule has 0 aromatic rings. The molecule has 0 radical (unpaired) electrons. The second-order valence-electron chi connectivity index (χ2n) is 4.92. The Kier molecular flexibility index (Phi) is 6.82. The average molecular weight is 244 g/mol. The fraction of sp³-hybridized carbons (Fsp3) is 0.714. The first-order valence-corrected chi connectivity index (χ1v) is 6.56. The van der Waals surface area contributed by atoms with Gasteiger partial charge in [0.2, 0.25) is 0 Å². The lowest BCUT2D eigenvalue weighted by molar-refractivity contribution is 0.411. The van der Waals surface area contributed by atoms with Crippen molar-refractivity contribution in [1.82, 2.24) is 5.32 Å². The monoisotopic (exact) mass is 243 g/mol. The molecular formula is C14H26ClN.